The lowest BCUT2D eigenvalue weighted by Gasteiger charge is -2.12. The van der Waals surface area contributed by atoms with E-state index in [1.165, 1.54) is 6.20 Å². The average molecular weight is 375 g/mol. The molecule has 0 aliphatic heterocycles. The molecule has 0 bridgehead atoms. The van der Waals surface area contributed by atoms with E-state index < -0.39 is 0 Å². The van der Waals surface area contributed by atoms with Gasteiger partial charge in [0.1, 0.15) is 23.2 Å². The predicted octanol–water partition coefficient (Wildman–Crippen LogP) is 4.68. The van der Waals surface area contributed by atoms with Crippen LogP contribution < -0.4 is 10.1 Å². The summed E-state index contributed by atoms with van der Waals surface area (Å²) in [6, 6.07) is 11.0. The van der Waals surface area contributed by atoms with Crippen LogP contribution in [0.2, 0.25) is 0 Å². The molecular weight excluding hydrogens is 357 g/mol. The van der Waals surface area contributed by atoms with Crippen molar-refractivity contribution in [3.8, 4) is 17.1 Å². The van der Waals surface area contributed by atoms with Gasteiger partial charge in [-0.1, -0.05) is 0 Å². The maximum absolute atomic E-state index is 13.6. The molecule has 0 saturated heterocycles. The van der Waals surface area contributed by atoms with Crippen molar-refractivity contribution in [1.82, 2.24) is 19.9 Å². The van der Waals surface area contributed by atoms with Gasteiger partial charge in [-0.25, -0.2) is 19.3 Å². The smallest absolute Gasteiger partial charge is 0.163 e. The molecule has 0 aliphatic rings. The van der Waals surface area contributed by atoms with Crippen molar-refractivity contribution in [2.45, 2.75) is 13.8 Å². The molecule has 4 rings (SSSR count). The van der Waals surface area contributed by atoms with Crippen LogP contribution in [0.25, 0.3) is 22.3 Å². The second-order valence-electron chi connectivity index (χ2n) is 6.19. The Morgan fingerprint density at radius 2 is 2.00 bits per heavy atom. The molecule has 28 heavy (non-hydrogen) atoms. The third-order valence-corrected chi connectivity index (χ3v) is 4.19. The second-order valence-corrected chi connectivity index (χ2v) is 6.19. The van der Waals surface area contributed by atoms with E-state index in [0.717, 1.165) is 22.2 Å². The van der Waals surface area contributed by atoms with Gasteiger partial charge in [-0.2, -0.15) is 0 Å². The first kappa shape index (κ1) is 17.8. The number of hydrogen-bond donors (Lipinski definition) is 1. The lowest BCUT2D eigenvalue weighted by Crippen LogP contribution is -2.02. The van der Waals surface area contributed by atoms with E-state index in [2.05, 4.69) is 25.3 Å². The van der Waals surface area contributed by atoms with Crippen LogP contribution >= 0.6 is 0 Å². The number of anilines is 2. The molecule has 0 atom stereocenters. The van der Waals surface area contributed by atoms with Crippen molar-refractivity contribution in [3.63, 3.8) is 0 Å². The number of pyridine rings is 2. The highest BCUT2D eigenvalue weighted by atomic mass is 19.1. The third kappa shape index (κ3) is 3.59. The third-order valence-electron chi connectivity index (χ3n) is 4.19. The zero-order valence-electron chi connectivity index (χ0n) is 15.5. The fourth-order valence-corrected chi connectivity index (χ4v) is 2.81. The van der Waals surface area contributed by atoms with Crippen LogP contribution in [0.3, 0.4) is 0 Å². The summed E-state index contributed by atoms with van der Waals surface area (Å²) in [5.41, 5.74) is 2.04. The second kappa shape index (κ2) is 7.56. The van der Waals surface area contributed by atoms with E-state index in [1.54, 1.807) is 25.4 Å². The monoisotopic (exact) mass is 375 g/mol. The van der Waals surface area contributed by atoms with Crippen LogP contribution in [0, 0.1) is 12.7 Å². The normalized spacial score (nSPS) is 10.8. The minimum Gasteiger partial charge on any atom is -0.494 e. The average Bonchev–Trinajstić information content (AvgIpc) is 2.72. The molecule has 6 nitrogen and oxygen atoms in total. The molecule has 1 aromatic carbocycles. The van der Waals surface area contributed by atoms with E-state index in [-0.39, 0.29) is 5.82 Å². The highest BCUT2D eigenvalue weighted by Crippen LogP contribution is 2.30. The summed E-state index contributed by atoms with van der Waals surface area (Å²) in [5, 5.41) is 3.97. The Bertz CT molecular complexity index is 1130. The van der Waals surface area contributed by atoms with Crippen LogP contribution in [-0.4, -0.2) is 26.5 Å². The minimum absolute atomic E-state index is 0.354. The summed E-state index contributed by atoms with van der Waals surface area (Å²) >= 11 is 0. The van der Waals surface area contributed by atoms with Crippen LogP contribution in [0.15, 0.2) is 55.0 Å². The number of halogens is 1. The summed E-state index contributed by atoms with van der Waals surface area (Å²) in [7, 11) is 0. The molecule has 3 aromatic heterocycles. The van der Waals surface area contributed by atoms with Crippen molar-refractivity contribution < 1.29 is 9.13 Å². The molecule has 0 fully saturated rings. The number of hydrogen-bond acceptors (Lipinski definition) is 6. The standard InChI is InChI=1S/C21H18FN5O/c1-3-28-15-6-7-18-16(10-15)21(26-19-9-13(2)17(22)12-24-19)27-20(25-18)14-5-4-8-23-11-14/h4-12H,3H2,1-2H3,(H,24,25,26,27). The zero-order valence-corrected chi connectivity index (χ0v) is 15.5. The zero-order chi connectivity index (χ0) is 19.5. The molecule has 4 aromatic rings. The Hall–Kier alpha value is -3.61. The maximum Gasteiger partial charge on any atom is 0.163 e. The Kier molecular flexibility index (Phi) is 4.80. The number of benzene rings is 1. The van der Waals surface area contributed by atoms with Gasteiger partial charge < -0.3 is 10.1 Å². The topological polar surface area (TPSA) is 72.8 Å². The Morgan fingerprint density at radius 3 is 2.75 bits per heavy atom. The molecule has 0 amide bonds. The van der Waals surface area contributed by atoms with Gasteiger partial charge in [-0.05, 0) is 55.8 Å². The fraction of sp³-hybridized carbons (Fsp3) is 0.143. The van der Waals surface area contributed by atoms with E-state index in [4.69, 9.17) is 4.74 Å². The summed E-state index contributed by atoms with van der Waals surface area (Å²) in [4.78, 5) is 17.6. The SMILES string of the molecule is CCOc1ccc2nc(-c3cccnc3)nc(Nc3cc(C)c(F)cn3)c2c1. The number of nitrogens with zero attached hydrogens (tertiary/aromatic N) is 4. The minimum atomic E-state index is -0.354. The summed E-state index contributed by atoms with van der Waals surface area (Å²) < 4.78 is 19.2. The van der Waals surface area contributed by atoms with E-state index >= 15 is 0 Å². The number of rotatable bonds is 5. The van der Waals surface area contributed by atoms with Gasteiger partial charge in [0.2, 0.25) is 0 Å². The van der Waals surface area contributed by atoms with Gasteiger partial charge in [0.25, 0.3) is 0 Å². The van der Waals surface area contributed by atoms with Crippen molar-refractivity contribution in [3.05, 3.63) is 66.4 Å². The molecule has 3 heterocycles. The quantitative estimate of drug-likeness (QED) is 0.546. The van der Waals surface area contributed by atoms with Crippen LogP contribution in [0.5, 0.6) is 5.75 Å². The maximum atomic E-state index is 13.6. The molecule has 7 heteroatoms. The number of aryl methyl sites for hydroxylation is 1. The van der Waals surface area contributed by atoms with Crippen molar-refractivity contribution in [1.29, 1.82) is 0 Å². The number of nitrogens with one attached hydrogen (secondary N) is 1. The number of aromatic nitrogens is 4. The van der Waals surface area contributed by atoms with Crippen molar-refractivity contribution in [2.75, 3.05) is 11.9 Å². The summed E-state index contributed by atoms with van der Waals surface area (Å²) in [5.74, 6) is 1.96. The number of fused-ring (bicyclic) bond motifs is 1. The molecule has 0 aliphatic carbocycles. The molecule has 0 saturated carbocycles. The van der Waals surface area contributed by atoms with E-state index in [9.17, 15) is 4.39 Å². The van der Waals surface area contributed by atoms with Crippen molar-refractivity contribution in [2.24, 2.45) is 0 Å². The Morgan fingerprint density at radius 1 is 1.11 bits per heavy atom. The largest absolute Gasteiger partial charge is 0.494 e. The van der Waals surface area contributed by atoms with Crippen LogP contribution in [0.4, 0.5) is 16.0 Å². The van der Waals surface area contributed by atoms with Gasteiger partial charge >= 0.3 is 0 Å². The van der Waals surface area contributed by atoms with Gasteiger partial charge in [-0.15, -0.1) is 0 Å². The molecular formula is C21H18FN5O. The predicted molar refractivity (Wildman–Crippen MR) is 106 cm³/mol. The lowest BCUT2D eigenvalue weighted by molar-refractivity contribution is 0.340. The summed E-state index contributed by atoms with van der Waals surface area (Å²) in [6.45, 7) is 4.17. The van der Waals surface area contributed by atoms with E-state index in [0.29, 0.717) is 29.6 Å². The fourth-order valence-electron chi connectivity index (χ4n) is 2.81. The lowest BCUT2D eigenvalue weighted by atomic mass is 10.2. The van der Waals surface area contributed by atoms with Crippen LogP contribution in [-0.2, 0) is 0 Å². The Balaban J connectivity index is 1.86. The van der Waals surface area contributed by atoms with Crippen molar-refractivity contribution >= 4 is 22.5 Å². The molecule has 1 N–H and O–H groups in total. The van der Waals surface area contributed by atoms with Crippen LogP contribution in [0.1, 0.15) is 12.5 Å². The molecule has 0 spiro atoms. The van der Waals surface area contributed by atoms with Gasteiger partial charge in [-0.3, -0.25) is 4.98 Å². The summed E-state index contributed by atoms with van der Waals surface area (Å²) in [6.07, 6.45) is 4.60. The highest BCUT2D eigenvalue weighted by molar-refractivity contribution is 5.93. The van der Waals surface area contributed by atoms with Gasteiger partial charge in [0.05, 0.1) is 18.3 Å². The first-order valence-electron chi connectivity index (χ1n) is 8.88. The number of ether oxygens (including phenoxy) is 1. The first-order chi connectivity index (χ1) is 13.6. The highest BCUT2D eigenvalue weighted by Gasteiger charge is 2.12. The van der Waals surface area contributed by atoms with E-state index in [1.807, 2.05) is 37.3 Å². The molecule has 0 radical (unpaired) electrons. The molecule has 140 valence electrons. The van der Waals surface area contributed by atoms with Gasteiger partial charge in [0, 0.05) is 23.3 Å². The molecule has 0 unspecified atom stereocenters. The Labute approximate surface area is 161 Å². The van der Waals surface area contributed by atoms with Gasteiger partial charge in [0.15, 0.2) is 5.82 Å². The first-order valence-corrected chi connectivity index (χ1v) is 8.88.